The summed E-state index contributed by atoms with van der Waals surface area (Å²) in [4.78, 5) is 11.1. The van der Waals surface area contributed by atoms with Crippen molar-refractivity contribution in [1.29, 1.82) is 0 Å². The highest BCUT2D eigenvalue weighted by Crippen LogP contribution is 2.25. The van der Waals surface area contributed by atoms with Crippen LogP contribution in [0.25, 0.3) is 0 Å². The summed E-state index contributed by atoms with van der Waals surface area (Å²) >= 11 is 0. The van der Waals surface area contributed by atoms with E-state index in [4.69, 9.17) is 10.5 Å². The molecule has 0 fully saturated rings. The molecule has 0 radical (unpaired) electrons. The van der Waals surface area contributed by atoms with Crippen molar-refractivity contribution in [3.05, 3.63) is 53.8 Å². The Balaban J connectivity index is 1.99. The van der Waals surface area contributed by atoms with Crippen molar-refractivity contribution >= 4 is 17.5 Å². The van der Waals surface area contributed by atoms with Crippen LogP contribution in [0.15, 0.2) is 42.5 Å². The number of rotatable bonds is 4. The lowest BCUT2D eigenvalue weighted by molar-refractivity contribution is 0.187. The number of nitrogens with two attached hydrogens (primary N) is 1. The smallest absolute Gasteiger partial charge is 0.411 e. The fourth-order valence-corrected chi connectivity index (χ4v) is 1.65. The third-order valence-electron chi connectivity index (χ3n) is 2.76. The van der Waals surface area contributed by atoms with Gasteiger partial charge in [-0.25, -0.2) is 9.18 Å². The highest BCUT2D eigenvalue weighted by Gasteiger charge is 2.06. The van der Waals surface area contributed by atoms with Crippen LogP contribution in [0.5, 0.6) is 5.75 Å². The molecule has 2 rings (SSSR count). The zero-order valence-electron chi connectivity index (χ0n) is 11.4. The van der Waals surface area contributed by atoms with Gasteiger partial charge in [-0.3, -0.25) is 5.32 Å². The van der Waals surface area contributed by atoms with Crippen molar-refractivity contribution in [2.45, 2.75) is 6.61 Å². The van der Waals surface area contributed by atoms with E-state index in [1.807, 2.05) is 0 Å². The Morgan fingerprint density at radius 3 is 2.57 bits per heavy atom. The Labute approximate surface area is 121 Å². The van der Waals surface area contributed by atoms with Crippen LogP contribution in [0, 0.1) is 5.82 Å². The highest BCUT2D eigenvalue weighted by atomic mass is 19.1. The molecule has 0 aliphatic heterocycles. The van der Waals surface area contributed by atoms with Crippen LogP contribution >= 0.6 is 0 Å². The first kappa shape index (κ1) is 14.6. The zero-order chi connectivity index (χ0) is 15.2. The summed E-state index contributed by atoms with van der Waals surface area (Å²) in [5.74, 6) is 0.258. The van der Waals surface area contributed by atoms with Crippen molar-refractivity contribution in [2.75, 3.05) is 18.2 Å². The number of nitrogen functional groups attached to an aromatic ring is 1. The first-order chi connectivity index (χ1) is 10.1. The lowest BCUT2D eigenvalue weighted by Gasteiger charge is -2.10. The number of halogens is 1. The van der Waals surface area contributed by atoms with E-state index in [0.29, 0.717) is 23.7 Å². The molecule has 0 atom stereocenters. The number of carbonyl (C=O) groups is 1. The second-order valence-electron chi connectivity index (χ2n) is 4.28. The van der Waals surface area contributed by atoms with Gasteiger partial charge in [-0.1, -0.05) is 12.1 Å². The quantitative estimate of drug-likeness (QED) is 0.848. The standard InChI is InChI=1S/C15H15FN2O3/c1-20-15(19)18-14-7-6-12(8-13(14)17)21-9-10-2-4-11(16)5-3-10/h2-8H,9,17H2,1H3,(H,18,19). The van der Waals surface area contributed by atoms with Gasteiger partial charge in [0.1, 0.15) is 18.2 Å². The Bertz CT molecular complexity index is 629. The third kappa shape index (κ3) is 4.10. The molecule has 0 aliphatic rings. The maximum atomic E-state index is 12.8. The fraction of sp³-hybridized carbons (Fsp3) is 0.133. The van der Waals surface area contributed by atoms with E-state index in [-0.39, 0.29) is 5.82 Å². The molecule has 3 N–H and O–H groups in total. The first-order valence-electron chi connectivity index (χ1n) is 6.20. The second kappa shape index (κ2) is 6.60. The van der Waals surface area contributed by atoms with Crippen LogP contribution in [0.2, 0.25) is 0 Å². The molecule has 5 nitrogen and oxygen atoms in total. The molecule has 0 saturated heterocycles. The van der Waals surface area contributed by atoms with Crippen LogP contribution < -0.4 is 15.8 Å². The van der Waals surface area contributed by atoms with Gasteiger partial charge in [-0.05, 0) is 29.8 Å². The highest BCUT2D eigenvalue weighted by molar-refractivity contribution is 5.89. The second-order valence-corrected chi connectivity index (χ2v) is 4.28. The minimum Gasteiger partial charge on any atom is -0.489 e. The molecule has 6 heteroatoms. The molecule has 110 valence electrons. The molecule has 0 bridgehead atoms. The molecule has 0 aromatic heterocycles. The van der Waals surface area contributed by atoms with Crippen molar-refractivity contribution in [3.63, 3.8) is 0 Å². The number of anilines is 2. The molecule has 0 spiro atoms. The number of hydrogen-bond acceptors (Lipinski definition) is 4. The van der Waals surface area contributed by atoms with Gasteiger partial charge in [0.05, 0.1) is 18.5 Å². The zero-order valence-corrected chi connectivity index (χ0v) is 11.4. The van der Waals surface area contributed by atoms with E-state index >= 15 is 0 Å². The SMILES string of the molecule is COC(=O)Nc1ccc(OCc2ccc(F)cc2)cc1N. The van der Waals surface area contributed by atoms with Gasteiger partial charge in [0.25, 0.3) is 0 Å². The van der Waals surface area contributed by atoms with Crippen molar-refractivity contribution in [3.8, 4) is 5.75 Å². The number of nitrogens with one attached hydrogen (secondary N) is 1. The summed E-state index contributed by atoms with van der Waals surface area (Å²) in [6, 6.07) is 10.9. The average Bonchev–Trinajstić information content (AvgIpc) is 2.49. The minimum atomic E-state index is -0.596. The van der Waals surface area contributed by atoms with Gasteiger partial charge >= 0.3 is 6.09 Å². The lowest BCUT2D eigenvalue weighted by atomic mass is 10.2. The summed E-state index contributed by atoms with van der Waals surface area (Å²) in [6.45, 7) is 0.295. The number of hydrogen-bond donors (Lipinski definition) is 2. The van der Waals surface area contributed by atoms with E-state index in [1.54, 1.807) is 30.3 Å². The van der Waals surface area contributed by atoms with Crippen LogP contribution in [0.4, 0.5) is 20.6 Å². The molecule has 0 heterocycles. The Morgan fingerprint density at radius 2 is 1.95 bits per heavy atom. The maximum Gasteiger partial charge on any atom is 0.411 e. The Morgan fingerprint density at radius 1 is 1.24 bits per heavy atom. The number of ether oxygens (including phenoxy) is 2. The Hall–Kier alpha value is -2.76. The molecular weight excluding hydrogens is 275 g/mol. The normalized spacial score (nSPS) is 10.0. The number of amides is 1. The predicted octanol–water partition coefficient (Wildman–Crippen LogP) is 3.17. The first-order valence-corrected chi connectivity index (χ1v) is 6.20. The van der Waals surface area contributed by atoms with Gasteiger partial charge < -0.3 is 15.2 Å². The van der Waals surface area contributed by atoms with Crippen LogP contribution in [-0.4, -0.2) is 13.2 Å². The van der Waals surface area contributed by atoms with Gasteiger partial charge in [0, 0.05) is 6.07 Å². The van der Waals surface area contributed by atoms with Crippen LogP contribution in [0.3, 0.4) is 0 Å². The van der Waals surface area contributed by atoms with E-state index in [2.05, 4.69) is 10.1 Å². The average molecular weight is 290 g/mol. The molecule has 2 aromatic carbocycles. The summed E-state index contributed by atoms with van der Waals surface area (Å²) in [7, 11) is 1.27. The minimum absolute atomic E-state index is 0.291. The third-order valence-corrected chi connectivity index (χ3v) is 2.76. The molecular formula is C15H15FN2O3. The number of carbonyl (C=O) groups excluding carboxylic acids is 1. The predicted molar refractivity (Wildman–Crippen MR) is 77.6 cm³/mol. The molecule has 0 saturated carbocycles. The summed E-state index contributed by atoms with van der Waals surface area (Å²) in [5, 5.41) is 2.48. The van der Waals surface area contributed by atoms with E-state index in [1.165, 1.54) is 19.2 Å². The summed E-state index contributed by atoms with van der Waals surface area (Å²) in [6.07, 6.45) is -0.596. The van der Waals surface area contributed by atoms with Crippen molar-refractivity contribution in [1.82, 2.24) is 0 Å². The molecule has 2 aromatic rings. The molecule has 21 heavy (non-hydrogen) atoms. The largest absolute Gasteiger partial charge is 0.489 e. The number of benzene rings is 2. The molecule has 0 unspecified atom stereocenters. The summed E-state index contributed by atoms with van der Waals surface area (Å²) in [5.41, 5.74) is 7.45. The van der Waals surface area contributed by atoms with Crippen molar-refractivity contribution in [2.24, 2.45) is 0 Å². The van der Waals surface area contributed by atoms with E-state index in [9.17, 15) is 9.18 Å². The maximum absolute atomic E-state index is 12.8. The number of methoxy groups -OCH3 is 1. The van der Waals surface area contributed by atoms with E-state index < -0.39 is 6.09 Å². The monoisotopic (exact) mass is 290 g/mol. The van der Waals surface area contributed by atoms with Crippen LogP contribution in [-0.2, 0) is 11.3 Å². The topological polar surface area (TPSA) is 73.6 Å². The van der Waals surface area contributed by atoms with Crippen molar-refractivity contribution < 1.29 is 18.7 Å². The molecule has 1 amide bonds. The van der Waals surface area contributed by atoms with Gasteiger partial charge in [0.2, 0.25) is 0 Å². The van der Waals surface area contributed by atoms with Gasteiger partial charge in [-0.2, -0.15) is 0 Å². The summed E-state index contributed by atoms with van der Waals surface area (Å²) < 4.78 is 22.8. The molecule has 0 aliphatic carbocycles. The van der Waals surface area contributed by atoms with Crippen LogP contribution in [0.1, 0.15) is 5.56 Å². The van der Waals surface area contributed by atoms with E-state index in [0.717, 1.165) is 5.56 Å². The van der Waals surface area contributed by atoms with Gasteiger partial charge in [0.15, 0.2) is 0 Å². The fourth-order valence-electron chi connectivity index (χ4n) is 1.65. The lowest BCUT2D eigenvalue weighted by Crippen LogP contribution is -2.12. The Kier molecular flexibility index (Phi) is 4.61. The van der Waals surface area contributed by atoms with Gasteiger partial charge in [-0.15, -0.1) is 0 Å².